The van der Waals surface area contributed by atoms with E-state index in [-0.39, 0.29) is 24.2 Å². The molecule has 5 heteroatoms. The van der Waals surface area contributed by atoms with Crippen LogP contribution in [0.5, 0.6) is 0 Å². The lowest BCUT2D eigenvalue weighted by atomic mass is 9.89. The van der Waals surface area contributed by atoms with Crippen molar-refractivity contribution < 1.29 is 24.9 Å². The molecule has 5 nitrogen and oxygen atoms in total. The molecule has 0 aromatic heterocycles. The molecule has 1 aliphatic rings. The molecule has 3 N–H and O–H groups in total. The molecule has 26 heavy (non-hydrogen) atoms. The predicted molar refractivity (Wildman–Crippen MR) is 103 cm³/mol. The van der Waals surface area contributed by atoms with Gasteiger partial charge < -0.3 is 20.1 Å². The van der Waals surface area contributed by atoms with Gasteiger partial charge in [-0.05, 0) is 38.0 Å². The van der Waals surface area contributed by atoms with Gasteiger partial charge in [0.2, 0.25) is 0 Å². The summed E-state index contributed by atoms with van der Waals surface area (Å²) in [5.74, 6) is -0.451. The topological polar surface area (TPSA) is 87.0 Å². The van der Waals surface area contributed by atoms with Gasteiger partial charge in [-0.15, -0.1) is 0 Å². The molecule has 0 aromatic rings. The summed E-state index contributed by atoms with van der Waals surface area (Å²) in [5, 5.41) is 30.5. The highest BCUT2D eigenvalue weighted by molar-refractivity contribution is 5.68. The summed E-state index contributed by atoms with van der Waals surface area (Å²) in [7, 11) is 1.35. The Morgan fingerprint density at radius 2 is 1.96 bits per heavy atom. The van der Waals surface area contributed by atoms with Gasteiger partial charge in [0.1, 0.15) is 0 Å². The highest BCUT2D eigenvalue weighted by Crippen LogP contribution is 2.36. The Morgan fingerprint density at radius 1 is 1.19 bits per heavy atom. The van der Waals surface area contributed by atoms with Gasteiger partial charge in [-0.25, -0.2) is 0 Å². The van der Waals surface area contributed by atoms with Crippen molar-refractivity contribution >= 4 is 5.97 Å². The molecule has 0 radical (unpaired) electrons. The second-order valence-electron chi connectivity index (χ2n) is 7.24. The fraction of sp³-hybridized carbons (Fsp3) is 0.762. The van der Waals surface area contributed by atoms with Crippen molar-refractivity contribution in [2.24, 2.45) is 11.8 Å². The van der Waals surface area contributed by atoms with Crippen molar-refractivity contribution in [1.82, 2.24) is 0 Å². The average molecular weight is 369 g/mol. The zero-order valence-corrected chi connectivity index (χ0v) is 16.2. The maximum atomic E-state index is 11.1. The van der Waals surface area contributed by atoms with Gasteiger partial charge in [-0.1, -0.05) is 44.1 Å². The molecule has 0 saturated heterocycles. The minimum atomic E-state index is -0.658. The van der Waals surface area contributed by atoms with Crippen molar-refractivity contribution in [3.05, 3.63) is 24.3 Å². The number of hydrogen-bond donors (Lipinski definition) is 3. The minimum Gasteiger partial charge on any atom is -0.469 e. The van der Waals surface area contributed by atoms with E-state index in [1.807, 2.05) is 6.08 Å². The maximum absolute atomic E-state index is 11.1. The number of hydrogen-bond acceptors (Lipinski definition) is 5. The van der Waals surface area contributed by atoms with Crippen molar-refractivity contribution in [2.75, 3.05) is 7.11 Å². The van der Waals surface area contributed by atoms with Gasteiger partial charge in [0, 0.05) is 18.8 Å². The molecule has 5 atom stereocenters. The standard InChI is InChI=1S/C21H36O5/c1-3-4-5-6-7-8-11-17-18(20(24)15-19(17)23)14-13-16(22)10-9-12-21(25)26-2/h7-8,13-14,16-20,22-24H,3-6,9-12,15H2,1-2H3/b8-7-,14-13+/t16-,17-,18-,19+,20-/m1/s1. The number of rotatable bonds is 12. The van der Waals surface area contributed by atoms with Crippen LogP contribution in [0.15, 0.2) is 24.3 Å². The Bertz CT molecular complexity index is 446. The maximum Gasteiger partial charge on any atom is 0.305 e. The molecule has 0 aromatic carbocycles. The van der Waals surface area contributed by atoms with E-state index in [9.17, 15) is 20.1 Å². The smallest absolute Gasteiger partial charge is 0.305 e. The lowest BCUT2D eigenvalue weighted by Crippen LogP contribution is -2.20. The number of carbonyl (C=O) groups excluding carboxylic acids is 1. The van der Waals surface area contributed by atoms with Crippen LogP contribution in [-0.4, -0.2) is 46.7 Å². The van der Waals surface area contributed by atoms with E-state index in [1.165, 1.54) is 26.4 Å². The molecular formula is C21H36O5. The average Bonchev–Trinajstić information content (AvgIpc) is 2.88. The molecule has 0 bridgehead atoms. The SMILES string of the molecule is CCCCC/C=C\C[C@@H]1[C@@H](/C=C/[C@H](O)CCCC(=O)OC)[C@H](O)C[C@@H]1O. The minimum absolute atomic E-state index is 0.0223. The monoisotopic (exact) mass is 368 g/mol. The Labute approximate surface area is 157 Å². The molecule has 0 amide bonds. The molecule has 0 aliphatic heterocycles. The Balaban J connectivity index is 2.46. The zero-order valence-electron chi connectivity index (χ0n) is 16.2. The zero-order chi connectivity index (χ0) is 19.4. The van der Waals surface area contributed by atoms with E-state index in [0.29, 0.717) is 19.3 Å². The number of esters is 1. The van der Waals surface area contributed by atoms with Crippen LogP contribution in [-0.2, 0) is 9.53 Å². The molecule has 150 valence electrons. The first-order chi connectivity index (χ1) is 12.5. The third kappa shape index (κ3) is 8.47. The Hall–Kier alpha value is -1.17. The van der Waals surface area contributed by atoms with Crippen LogP contribution < -0.4 is 0 Å². The van der Waals surface area contributed by atoms with Crippen LogP contribution in [0.4, 0.5) is 0 Å². The van der Waals surface area contributed by atoms with Gasteiger partial charge >= 0.3 is 5.97 Å². The Kier molecular flexibility index (Phi) is 11.5. The number of allylic oxidation sites excluding steroid dienone is 2. The van der Waals surface area contributed by atoms with E-state index < -0.39 is 18.3 Å². The molecule has 0 spiro atoms. The largest absolute Gasteiger partial charge is 0.469 e. The molecule has 1 saturated carbocycles. The second-order valence-corrected chi connectivity index (χ2v) is 7.24. The number of unbranched alkanes of at least 4 members (excludes halogenated alkanes) is 3. The van der Waals surface area contributed by atoms with Crippen molar-refractivity contribution in [3.8, 4) is 0 Å². The van der Waals surface area contributed by atoms with Crippen LogP contribution in [0, 0.1) is 11.8 Å². The summed E-state index contributed by atoms with van der Waals surface area (Å²) in [6.07, 6.45) is 13.1. The molecular weight excluding hydrogens is 332 g/mol. The van der Waals surface area contributed by atoms with Crippen molar-refractivity contribution in [3.63, 3.8) is 0 Å². The molecule has 0 unspecified atom stereocenters. The summed E-state index contributed by atoms with van der Waals surface area (Å²) >= 11 is 0. The van der Waals surface area contributed by atoms with E-state index in [1.54, 1.807) is 6.08 Å². The summed E-state index contributed by atoms with van der Waals surface area (Å²) in [5.41, 5.74) is 0. The van der Waals surface area contributed by atoms with Crippen molar-refractivity contribution in [2.45, 2.75) is 83.0 Å². The number of ether oxygens (including phenoxy) is 1. The van der Waals surface area contributed by atoms with E-state index >= 15 is 0 Å². The fourth-order valence-corrected chi connectivity index (χ4v) is 3.50. The normalized spacial score (nSPS) is 27.4. The van der Waals surface area contributed by atoms with Crippen LogP contribution in [0.25, 0.3) is 0 Å². The highest BCUT2D eigenvalue weighted by Gasteiger charge is 2.39. The predicted octanol–water partition coefficient (Wildman–Crippen LogP) is 3.13. The number of aliphatic hydroxyl groups excluding tert-OH is 3. The fourth-order valence-electron chi connectivity index (χ4n) is 3.50. The van der Waals surface area contributed by atoms with Gasteiger partial charge in [0.25, 0.3) is 0 Å². The van der Waals surface area contributed by atoms with Crippen molar-refractivity contribution in [1.29, 1.82) is 0 Å². The molecule has 1 fully saturated rings. The van der Waals surface area contributed by atoms with E-state index in [0.717, 1.165) is 12.8 Å². The summed E-state index contributed by atoms with van der Waals surface area (Å²) in [6, 6.07) is 0. The van der Waals surface area contributed by atoms with Crippen LogP contribution in [0.1, 0.15) is 64.7 Å². The van der Waals surface area contributed by atoms with Gasteiger partial charge in [-0.3, -0.25) is 4.79 Å². The van der Waals surface area contributed by atoms with Crippen LogP contribution in [0.3, 0.4) is 0 Å². The van der Waals surface area contributed by atoms with E-state index in [2.05, 4.69) is 23.8 Å². The number of methoxy groups -OCH3 is 1. The first-order valence-electron chi connectivity index (χ1n) is 9.93. The van der Waals surface area contributed by atoms with Gasteiger partial charge in [0.05, 0.1) is 25.4 Å². The van der Waals surface area contributed by atoms with Gasteiger partial charge in [0.15, 0.2) is 0 Å². The third-order valence-electron chi connectivity index (χ3n) is 5.13. The van der Waals surface area contributed by atoms with Crippen LogP contribution >= 0.6 is 0 Å². The second kappa shape index (κ2) is 13.1. The van der Waals surface area contributed by atoms with E-state index in [4.69, 9.17) is 0 Å². The lowest BCUT2D eigenvalue weighted by molar-refractivity contribution is -0.140. The first kappa shape index (κ1) is 22.9. The lowest BCUT2D eigenvalue weighted by Gasteiger charge is -2.19. The molecule has 0 heterocycles. The third-order valence-corrected chi connectivity index (χ3v) is 5.13. The van der Waals surface area contributed by atoms with Crippen LogP contribution in [0.2, 0.25) is 0 Å². The molecule has 1 rings (SSSR count). The molecule has 1 aliphatic carbocycles. The summed E-state index contributed by atoms with van der Waals surface area (Å²) in [6.45, 7) is 2.18. The number of carbonyl (C=O) groups is 1. The summed E-state index contributed by atoms with van der Waals surface area (Å²) in [4.78, 5) is 11.1. The quantitative estimate of drug-likeness (QED) is 0.280. The van der Waals surface area contributed by atoms with Gasteiger partial charge in [-0.2, -0.15) is 0 Å². The first-order valence-corrected chi connectivity index (χ1v) is 9.93. The Morgan fingerprint density at radius 3 is 2.65 bits per heavy atom. The highest BCUT2D eigenvalue weighted by atomic mass is 16.5. The summed E-state index contributed by atoms with van der Waals surface area (Å²) < 4.78 is 4.58. The number of aliphatic hydroxyl groups is 3.